The van der Waals surface area contributed by atoms with Gasteiger partial charge in [-0.3, -0.25) is 14.4 Å². The first kappa shape index (κ1) is 21.1. The van der Waals surface area contributed by atoms with Crippen LogP contribution in [0.3, 0.4) is 0 Å². The van der Waals surface area contributed by atoms with Crippen LogP contribution in [0, 0.1) is 0 Å². The van der Waals surface area contributed by atoms with Crippen molar-refractivity contribution in [2.45, 2.75) is 38.0 Å². The van der Waals surface area contributed by atoms with Gasteiger partial charge in [0.15, 0.2) is 0 Å². The van der Waals surface area contributed by atoms with E-state index in [0.717, 1.165) is 0 Å². The van der Waals surface area contributed by atoms with Crippen molar-refractivity contribution in [1.29, 1.82) is 0 Å². The molecule has 0 rings (SSSR count). The summed E-state index contributed by atoms with van der Waals surface area (Å²) in [7, 11) is 0. The van der Waals surface area contributed by atoms with E-state index in [2.05, 4.69) is 28.6 Å². The minimum Gasteiger partial charge on any atom is -0.480 e. The normalized spacial score (nSPS) is 15.7. The minimum atomic E-state index is -1.24. The molecule has 10 nitrogen and oxygen atoms in total. The molecule has 0 bridgehead atoms. The fraction of sp³-hybridized carbons (Fsp3) is 0.667. The van der Waals surface area contributed by atoms with Crippen LogP contribution in [0.2, 0.25) is 0 Å². The predicted molar refractivity (Wildman–Crippen MR) is 83.7 cm³/mol. The van der Waals surface area contributed by atoms with Gasteiger partial charge in [-0.05, 0) is 13.8 Å². The van der Waals surface area contributed by atoms with Gasteiger partial charge >= 0.3 is 5.97 Å². The number of aliphatic hydroxyl groups is 1. The van der Waals surface area contributed by atoms with Gasteiger partial charge in [0.2, 0.25) is 17.7 Å². The zero-order valence-electron chi connectivity index (χ0n) is 12.8. The maximum atomic E-state index is 11.9. The third-order valence-corrected chi connectivity index (χ3v) is 3.20. The highest BCUT2D eigenvalue weighted by Crippen LogP contribution is 1.93. The average molecular weight is 350 g/mol. The lowest BCUT2D eigenvalue weighted by atomic mass is 10.2. The van der Waals surface area contributed by atoms with Crippen molar-refractivity contribution in [2.24, 2.45) is 5.73 Å². The molecule has 4 atom stereocenters. The quantitative estimate of drug-likeness (QED) is 0.215. The summed E-state index contributed by atoms with van der Waals surface area (Å²) in [5.41, 5.74) is 5.29. The Morgan fingerprint density at radius 1 is 1.00 bits per heavy atom. The lowest BCUT2D eigenvalue weighted by Crippen LogP contribution is -2.56. The van der Waals surface area contributed by atoms with Crippen LogP contribution in [0.25, 0.3) is 0 Å². The van der Waals surface area contributed by atoms with Crippen LogP contribution >= 0.6 is 12.6 Å². The maximum Gasteiger partial charge on any atom is 0.327 e. The number of nitrogens with two attached hydrogens (primary N) is 1. The first-order valence-corrected chi connectivity index (χ1v) is 7.38. The maximum absolute atomic E-state index is 11.9. The molecule has 0 aromatic heterocycles. The second-order valence-corrected chi connectivity index (χ2v) is 5.20. The Labute approximate surface area is 138 Å². The number of nitrogens with one attached hydrogen (secondary N) is 3. The van der Waals surface area contributed by atoms with E-state index in [0.29, 0.717) is 0 Å². The molecule has 11 heteroatoms. The zero-order valence-corrected chi connectivity index (χ0v) is 13.7. The highest BCUT2D eigenvalue weighted by atomic mass is 32.1. The molecule has 4 unspecified atom stereocenters. The van der Waals surface area contributed by atoms with Crippen LogP contribution in [0.1, 0.15) is 13.8 Å². The summed E-state index contributed by atoms with van der Waals surface area (Å²) in [5, 5.41) is 24.4. The first-order chi connectivity index (χ1) is 10.6. The summed E-state index contributed by atoms with van der Waals surface area (Å²) in [6, 6.07) is -4.34. The number of rotatable bonds is 9. The molecule has 0 aromatic carbocycles. The van der Waals surface area contributed by atoms with Gasteiger partial charge in [-0.2, -0.15) is 12.6 Å². The van der Waals surface area contributed by atoms with Crippen LogP contribution in [-0.2, 0) is 19.2 Å². The van der Waals surface area contributed by atoms with Crippen molar-refractivity contribution in [3.63, 3.8) is 0 Å². The van der Waals surface area contributed by atoms with Crippen LogP contribution in [-0.4, -0.2) is 70.4 Å². The van der Waals surface area contributed by atoms with E-state index in [9.17, 15) is 19.2 Å². The topological polar surface area (TPSA) is 171 Å². The average Bonchev–Trinajstić information content (AvgIpc) is 2.50. The minimum absolute atomic E-state index is 0.104. The highest BCUT2D eigenvalue weighted by Gasteiger charge is 2.25. The molecule has 3 amide bonds. The summed E-state index contributed by atoms with van der Waals surface area (Å²) >= 11 is 3.80. The Morgan fingerprint density at radius 3 is 1.83 bits per heavy atom. The number of aliphatic hydroxyl groups excluding tert-OH is 1. The smallest absolute Gasteiger partial charge is 0.327 e. The summed E-state index contributed by atoms with van der Waals surface area (Å²) < 4.78 is 0. The number of carboxylic acid groups (broad SMARTS) is 1. The molecule has 0 heterocycles. The van der Waals surface area contributed by atoms with Crippen LogP contribution in [0.15, 0.2) is 0 Å². The van der Waals surface area contributed by atoms with Crippen LogP contribution < -0.4 is 21.7 Å². The van der Waals surface area contributed by atoms with E-state index in [1.807, 2.05) is 0 Å². The third-order valence-electron chi connectivity index (χ3n) is 2.83. The standard InChI is InChI=1S/C12H22N4O6S/c1-5(15-11(20)7(13)3-17)9(18)14-6(2)10(19)16-8(4-23)12(21)22/h5-8,17,23H,3-4,13H2,1-2H3,(H,14,18)(H,15,20)(H,16,19)(H,21,22). The summed E-state index contributed by atoms with van der Waals surface area (Å²) in [6.45, 7) is 2.16. The first-order valence-electron chi connectivity index (χ1n) is 6.75. The Bertz CT molecular complexity index is 461. The fourth-order valence-electron chi connectivity index (χ4n) is 1.36. The van der Waals surface area contributed by atoms with E-state index < -0.39 is 54.5 Å². The van der Waals surface area contributed by atoms with Crippen molar-refractivity contribution in [1.82, 2.24) is 16.0 Å². The Morgan fingerprint density at radius 2 is 1.43 bits per heavy atom. The van der Waals surface area contributed by atoms with Gasteiger partial charge in [0.05, 0.1) is 6.61 Å². The fourth-order valence-corrected chi connectivity index (χ4v) is 1.60. The Hall–Kier alpha value is -1.85. The number of thiol groups is 1. The highest BCUT2D eigenvalue weighted by molar-refractivity contribution is 7.80. The molecule has 0 spiro atoms. The molecular weight excluding hydrogens is 328 g/mol. The number of hydrogen-bond donors (Lipinski definition) is 7. The van der Waals surface area contributed by atoms with E-state index in [1.54, 1.807) is 0 Å². The number of hydrogen-bond acceptors (Lipinski definition) is 7. The molecule has 0 aliphatic carbocycles. The van der Waals surface area contributed by atoms with E-state index in [-0.39, 0.29) is 5.75 Å². The molecule has 0 fully saturated rings. The van der Waals surface area contributed by atoms with Gasteiger partial charge in [0, 0.05) is 5.75 Å². The molecule has 0 aliphatic rings. The van der Waals surface area contributed by atoms with Gasteiger partial charge < -0.3 is 31.9 Å². The third kappa shape index (κ3) is 7.30. The molecule has 0 radical (unpaired) electrons. The molecule has 23 heavy (non-hydrogen) atoms. The number of carboxylic acids is 1. The largest absolute Gasteiger partial charge is 0.480 e. The molecule has 7 N–H and O–H groups in total. The Kier molecular flexibility index (Phi) is 9.22. The Balaban J connectivity index is 4.50. The SMILES string of the molecule is CC(NC(=O)C(N)CO)C(=O)NC(C)C(=O)NC(CS)C(=O)O. The van der Waals surface area contributed by atoms with Crippen molar-refractivity contribution in [3.05, 3.63) is 0 Å². The molecule has 0 saturated carbocycles. The monoisotopic (exact) mass is 350 g/mol. The number of aliphatic carboxylic acids is 1. The summed E-state index contributed by atoms with van der Waals surface area (Å²) in [6.07, 6.45) is 0. The summed E-state index contributed by atoms with van der Waals surface area (Å²) in [4.78, 5) is 45.9. The lowest BCUT2D eigenvalue weighted by Gasteiger charge is -2.20. The number of carbonyl (C=O) groups is 4. The van der Waals surface area contributed by atoms with E-state index >= 15 is 0 Å². The van der Waals surface area contributed by atoms with Crippen molar-refractivity contribution < 1.29 is 29.4 Å². The molecule has 132 valence electrons. The van der Waals surface area contributed by atoms with Crippen LogP contribution in [0.4, 0.5) is 0 Å². The van der Waals surface area contributed by atoms with Gasteiger partial charge in [0.1, 0.15) is 24.2 Å². The molecular formula is C12H22N4O6S. The van der Waals surface area contributed by atoms with Gasteiger partial charge in [0.25, 0.3) is 0 Å². The van der Waals surface area contributed by atoms with Gasteiger partial charge in [-0.15, -0.1) is 0 Å². The molecule has 0 saturated heterocycles. The molecule has 0 aromatic rings. The van der Waals surface area contributed by atoms with Crippen molar-refractivity contribution in [2.75, 3.05) is 12.4 Å². The van der Waals surface area contributed by atoms with Crippen molar-refractivity contribution in [3.8, 4) is 0 Å². The number of carbonyl (C=O) groups excluding carboxylic acids is 3. The second kappa shape index (κ2) is 10.0. The predicted octanol–water partition coefficient (Wildman–Crippen LogP) is -3.19. The van der Waals surface area contributed by atoms with E-state index in [1.165, 1.54) is 13.8 Å². The molecule has 0 aliphatic heterocycles. The zero-order chi connectivity index (χ0) is 18.2. The summed E-state index contributed by atoms with van der Waals surface area (Å²) in [5.74, 6) is -3.43. The van der Waals surface area contributed by atoms with Crippen molar-refractivity contribution >= 4 is 36.3 Å². The van der Waals surface area contributed by atoms with E-state index in [4.69, 9.17) is 15.9 Å². The second-order valence-electron chi connectivity index (χ2n) is 4.83. The van der Waals surface area contributed by atoms with Crippen LogP contribution in [0.5, 0.6) is 0 Å². The van der Waals surface area contributed by atoms with Gasteiger partial charge in [-0.25, -0.2) is 4.79 Å². The number of amides is 3. The lowest BCUT2D eigenvalue weighted by molar-refractivity contribution is -0.141. The van der Waals surface area contributed by atoms with Gasteiger partial charge in [-0.1, -0.05) is 0 Å².